The maximum atomic E-state index is 12.7. The Morgan fingerprint density at radius 2 is 2.09 bits per heavy atom. The SMILES string of the molecule is CC(=O)NC(=N)c1cccc([C@H]2CN(c3nc(-c4ccncn4)cc(=O)n3C)CCCO2)c1. The van der Waals surface area contributed by atoms with Crippen LogP contribution >= 0.6 is 0 Å². The summed E-state index contributed by atoms with van der Waals surface area (Å²) in [5, 5.41) is 10.6. The van der Waals surface area contributed by atoms with E-state index in [1.807, 2.05) is 23.1 Å². The summed E-state index contributed by atoms with van der Waals surface area (Å²) in [5.74, 6) is 0.281. The fourth-order valence-electron chi connectivity index (χ4n) is 3.73. The average Bonchev–Trinajstić information content (AvgIpc) is 3.07. The summed E-state index contributed by atoms with van der Waals surface area (Å²) >= 11 is 0. The van der Waals surface area contributed by atoms with Crippen LogP contribution < -0.4 is 15.8 Å². The predicted molar refractivity (Wildman–Crippen MR) is 123 cm³/mol. The molecular formula is C23H25N7O3. The smallest absolute Gasteiger partial charge is 0.255 e. The Labute approximate surface area is 190 Å². The number of aromatic nitrogens is 4. The minimum Gasteiger partial charge on any atom is -0.372 e. The van der Waals surface area contributed by atoms with Gasteiger partial charge in [-0.1, -0.05) is 18.2 Å². The van der Waals surface area contributed by atoms with Crippen molar-refractivity contribution in [3.05, 3.63) is 70.4 Å². The van der Waals surface area contributed by atoms with Gasteiger partial charge in [-0.25, -0.2) is 15.0 Å². The highest BCUT2D eigenvalue weighted by atomic mass is 16.5. The van der Waals surface area contributed by atoms with Gasteiger partial charge in [-0.3, -0.25) is 19.6 Å². The highest BCUT2D eigenvalue weighted by Gasteiger charge is 2.24. The van der Waals surface area contributed by atoms with Crippen LogP contribution in [0.15, 0.2) is 53.7 Å². The molecule has 0 unspecified atom stereocenters. The van der Waals surface area contributed by atoms with Crippen LogP contribution in [0, 0.1) is 5.41 Å². The third kappa shape index (κ3) is 5.12. The second-order valence-corrected chi connectivity index (χ2v) is 7.77. The number of amidine groups is 1. The van der Waals surface area contributed by atoms with Gasteiger partial charge in [0.05, 0.1) is 17.9 Å². The molecule has 1 fully saturated rings. The summed E-state index contributed by atoms with van der Waals surface area (Å²) in [6.45, 7) is 3.07. The van der Waals surface area contributed by atoms with E-state index >= 15 is 0 Å². The van der Waals surface area contributed by atoms with Crippen LogP contribution in [0.3, 0.4) is 0 Å². The zero-order chi connectivity index (χ0) is 23.4. The summed E-state index contributed by atoms with van der Waals surface area (Å²) < 4.78 is 7.63. The Bertz CT molecular complexity index is 1230. The number of rotatable bonds is 4. The third-order valence-corrected chi connectivity index (χ3v) is 5.36. The molecule has 2 N–H and O–H groups in total. The van der Waals surface area contributed by atoms with Crippen LogP contribution in [-0.4, -0.2) is 51.0 Å². The molecule has 1 amide bonds. The standard InChI is InChI=1S/C23H25N7O3/c1-15(31)27-22(24)17-6-3-5-16(11-17)20-13-30(9-4-10-33-20)23-28-19(12-21(32)29(23)2)18-7-8-25-14-26-18/h3,5-8,11-12,14,20H,4,9-10,13H2,1-2H3,(H2,24,27,31)/t20-/m1/s1. The van der Waals surface area contributed by atoms with Crippen LogP contribution in [0.2, 0.25) is 0 Å². The molecule has 0 spiro atoms. The molecular weight excluding hydrogens is 422 g/mol. The minimum atomic E-state index is -0.294. The molecule has 10 heteroatoms. The Kier molecular flexibility index (Phi) is 6.55. The number of carbonyl (C=O) groups is 1. The van der Waals surface area contributed by atoms with Crippen molar-refractivity contribution in [2.45, 2.75) is 19.4 Å². The summed E-state index contributed by atoms with van der Waals surface area (Å²) in [6, 6.07) is 10.6. The Hall–Kier alpha value is -3.92. The number of anilines is 1. The number of nitrogens with zero attached hydrogens (tertiary/aromatic N) is 5. The number of ether oxygens (including phenoxy) is 1. The first-order valence-corrected chi connectivity index (χ1v) is 10.6. The number of amides is 1. The largest absolute Gasteiger partial charge is 0.372 e. The van der Waals surface area contributed by atoms with E-state index in [1.165, 1.54) is 23.9 Å². The van der Waals surface area contributed by atoms with Gasteiger partial charge in [0.15, 0.2) is 0 Å². The van der Waals surface area contributed by atoms with Gasteiger partial charge < -0.3 is 15.0 Å². The van der Waals surface area contributed by atoms with E-state index in [2.05, 4.69) is 15.3 Å². The molecule has 1 aliphatic heterocycles. The molecule has 1 aliphatic rings. The molecule has 170 valence electrons. The van der Waals surface area contributed by atoms with Crippen molar-refractivity contribution in [3.63, 3.8) is 0 Å². The number of nitrogens with one attached hydrogen (secondary N) is 2. The third-order valence-electron chi connectivity index (χ3n) is 5.36. The van der Waals surface area contributed by atoms with E-state index in [9.17, 15) is 9.59 Å². The Morgan fingerprint density at radius 1 is 1.24 bits per heavy atom. The van der Waals surface area contributed by atoms with Crippen LogP contribution in [-0.2, 0) is 16.6 Å². The second kappa shape index (κ2) is 9.70. The monoisotopic (exact) mass is 447 g/mol. The number of hydrogen-bond donors (Lipinski definition) is 2. The van der Waals surface area contributed by atoms with Gasteiger partial charge in [-0.15, -0.1) is 0 Å². The lowest BCUT2D eigenvalue weighted by molar-refractivity contribution is -0.117. The maximum absolute atomic E-state index is 12.7. The fourth-order valence-corrected chi connectivity index (χ4v) is 3.73. The first kappa shape index (κ1) is 22.3. The summed E-state index contributed by atoms with van der Waals surface area (Å²) in [4.78, 5) is 38.9. The molecule has 0 saturated carbocycles. The van der Waals surface area contributed by atoms with Crippen LogP contribution in [0.4, 0.5) is 5.95 Å². The van der Waals surface area contributed by atoms with E-state index in [1.54, 1.807) is 25.4 Å². The van der Waals surface area contributed by atoms with Gasteiger partial charge in [-0.05, 0) is 24.1 Å². The van der Waals surface area contributed by atoms with Gasteiger partial charge >= 0.3 is 0 Å². The van der Waals surface area contributed by atoms with Crippen molar-refractivity contribution >= 4 is 17.7 Å². The molecule has 3 aromatic rings. The van der Waals surface area contributed by atoms with Gasteiger partial charge in [0, 0.05) is 44.9 Å². The molecule has 0 radical (unpaired) electrons. The van der Waals surface area contributed by atoms with Crippen LogP contribution in [0.1, 0.15) is 30.6 Å². The van der Waals surface area contributed by atoms with Crippen molar-refractivity contribution < 1.29 is 9.53 Å². The van der Waals surface area contributed by atoms with E-state index in [4.69, 9.17) is 15.1 Å². The fraction of sp³-hybridized carbons (Fsp3) is 0.304. The number of benzene rings is 1. The molecule has 1 saturated heterocycles. The van der Waals surface area contributed by atoms with E-state index in [0.717, 1.165) is 12.0 Å². The normalized spacial score (nSPS) is 16.2. The topological polar surface area (TPSA) is 126 Å². The molecule has 4 rings (SSSR count). The van der Waals surface area contributed by atoms with Crippen molar-refractivity contribution in [3.8, 4) is 11.4 Å². The Morgan fingerprint density at radius 3 is 2.85 bits per heavy atom. The summed E-state index contributed by atoms with van der Waals surface area (Å²) in [5.41, 5.74) is 2.37. The first-order valence-electron chi connectivity index (χ1n) is 10.6. The minimum absolute atomic E-state index is 0.0384. The maximum Gasteiger partial charge on any atom is 0.255 e. The van der Waals surface area contributed by atoms with Gasteiger partial charge in [0.2, 0.25) is 11.9 Å². The second-order valence-electron chi connectivity index (χ2n) is 7.77. The molecule has 10 nitrogen and oxygen atoms in total. The number of carbonyl (C=O) groups excluding carboxylic acids is 1. The van der Waals surface area contributed by atoms with Crippen LogP contribution in [0.5, 0.6) is 0 Å². The first-order chi connectivity index (χ1) is 15.9. The highest BCUT2D eigenvalue weighted by molar-refractivity contribution is 6.05. The van der Waals surface area contributed by atoms with Gasteiger partial charge in [0.1, 0.15) is 18.3 Å². The summed E-state index contributed by atoms with van der Waals surface area (Å²) in [7, 11) is 1.70. The molecule has 0 aliphatic carbocycles. The van der Waals surface area contributed by atoms with Gasteiger partial charge in [-0.2, -0.15) is 0 Å². The highest BCUT2D eigenvalue weighted by Crippen LogP contribution is 2.26. The molecule has 2 aromatic heterocycles. The predicted octanol–water partition coefficient (Wildman–Crippen LogP) is 1.67. The number of hydrogen-bond acceptors (Lipinski definition) is 8. The van der Waals surface area contributed by atoms with E-state index < -0.39 is 0 Å². The zero-order valence-electron chi connectivity index (χ0n) is 18.5. The van der Waals surface area contributed by atoms with Gasteiger partial charge in [0.25, 0.3) is 5.56 Å². The van der Waals surface area contributed by atoms with E-state index in [-0.39, 0.29) is 23.4 Å². The van der Waals surface area contributed by atoms with Crippen molar-refractivity contribution in [1.82, 2.24) is 24.8 Å². The molecule has 33 heavy (non-hydrogen) atoms. The molecule has 3 heterocycles. The lowest BCUT2D eigenvalue weighted by Crippen LogP contribution is -2.34. The Balaban J connectivity index is 1.65. The average molecular weight is 447 g/mol. The molecule has 0 bridgehead atoms. The van der Waals surface area contributed by atoms with Crippen molar-refractivity contribution in [2.24, 2.45) is 7.05 Å². The molecule has 1 atom stereocenters. The van der Waals surface area contributed by atoms with Crippen molar-refractivity contribution in [1.29, 1.82) is 5.41 Å². The van der Waals surface area contributed by atoms with E-state index in [0.29, 0.717) is 42.6 Å². The quantitative estimate of drug-likeness (QED) is 0.460. The summed E-state index contributed by atoms with van der Waals surface area (Å²) in [6.07, 6.45) is 3.51. The lowest BCUT2D eigenvalue weighted by atomic mass is 10.0. The van der Waals surface area contributed by atoms with Crippen LogP contribution in [0.25, 0.3) is 11.4 Å². The van der Waals surface area contributed by atoms with Crippen molar-refractivity contribution in [2.75, 3.05) is 24.6 Å². The lowest BCUT2D eigenvalue weighted by Gasteiger charge is -2.27. The zero-order valence-corrected chi connectivity index (χ0v) is 18.5. The molecule has 1 aromatic carbocycles.